The minimum atomic E-state index is -0.249. The summed E-state index contributed by atoms with van der Waals surface area (Å²) in [4.78, 5) is 21.4. The van der Waals surface area contributed by atoms with Gasteiger partial charge in [0, 0.05) is 24.7 Å². The minimum absolute atomic E-state index is 0.120. The Bertz CT molecular complexity index is 629. The van der Waals surface area contributed by atoms with Gasteiger partial charge in [0.25, 0.3) is 0 Å². The molecule has 0 saturated carbocycles. The van der Waals surface area contributed by atoms with E-state index in [1.807, 2.05) is 35.4 Å². The summed E-state index contributed by atoms with van der Waals surface area (Å²) in [5.41, 5.74) is 6.31. The number of pyridine rings is 1. The zero-order valence-corrected chi connectivity index (χ0v) is 11.2. The fraction of sp³-hybridized carbons (Fsp3) is 0.333. The first kappa shape index (κ1) is 12.9. The van der Waals surface area contributed by atoms with Gasteiger partial charge in [-0.15, -0.1) is 5.06 Å². The number of hydroxylamine groups is 2. The van der Waals surface area contributed by atoms with Crippen LogP contribution < -0.4 is 10.6 Å². The van der Waals surface area contributed by atoms with E-state index >= 15 is 0 Å². The number of fused-ring (bicyclic) bond motifs is 1. The van der Waals surface area contributed by atoms with Crippen molar-refractivity contribution in [3.05, 3.63) is 36.5 Å². The molecule has 1 saturated heterocycles. The fourth-order valence-corrected chi connectivity index (χ4v) is 2.52. The molecular formula is C15H17N3O2. The number of hydrogen-bond acceptors (Lipinski definition) is 4. The lowest BCUT2D eigenvalue weighted by Gasteiger charge is -2.30. The van der Waals surface area contributed by atoms with Gasteiger partial charge in [0.05, 0.1) is 11.4 Å². The first-order valence-corrected chi connectivity index (χ1v) is 6.79. The second-order valence-corrected chi connectivity index (χ2v) is 5.08. The first-order chi connectivity index (χ1) is 9.72. The van der Waals surface area contributed by atoms with Gasteiger partial charge in [0.15, 0.2) is 0 Å². The summed E-state index contributed by atoms with van der Waals surface area (Å²) in [5, 5.41) is 2.85. The Hall–Kier alpha value is -2.14. The second kappa shape index (κ2) is 5.46. The van der Waals surface area contributed by atoms with E-state index in [4.69, 9.17) is 10.6 Å². The van der Waals surface area contributed by atoms with E-state index in [-0.39, 0.29) is 11.8 Å². The molecule has 20 heavy (non-hydrogen) atoms. The van der Waals surface area contributed by atoms with Crippen molar-refractivity contribution >= 4 is 16.8 Å². The quantitative estimate of drug-likeness (QED) is 0.923. The molecule has 0 spiro atoms. The molecule has 2 heterocycles. The van der Waals surface area contributed by atoms with Crippen LogP contribution in [0.4, 0.5) is 0 Å². The van der Waals surface area contributed by atoms with Crippen LogP contribution in [0.25, 0.3) is 10.9 Å². The van der Waals surface area contributed by atoms with Gasteiger partial charge in [-0.1, -0.05) is 6.07 Å². The van der Waals surface area contributed by atoms with Gasteiger partial charge in [0.2, 0.25) is 5.91 Å². The highest BCUT2D eigenvalue weighted by Gasteiger charge is 2.25. The van der Waals surface area contributed by atoms with Gasteiger partial charge in [-0.3, -0.25) is 9.78 Å². The number of hydrogen-bond donors (Lipinski definition) is 1. The van der Waals surface area contributed by atoms with Crippen molar-refractivity contribution in [3.8, 4) is 5.75 Å². The molecule has 1 unspecified atom stereocenters. The van der Waals surface area contributed by atoms with Crippen molar-refractivity contribution < 1.29 is 9.63 Å². The van der Waals surface area contributed by atoms with E-state index in [9.17, 15) is 4.79 Å². The average Bonchev–Trinajstić information content (AvgIpc) is 2.47. The van der Waals surface area contributed by atoms with Crippen LogP contribution in [-0.2, 0) is 4.79 Å². The highest BCUT2D eigenvalue weighted by molar-refractivity contribution is 5.79. The number of amides is 1. The molecule has 5 heteroatoms. The molecule has 5 nitrogen and oxygen atoms in total. The van der Waals surface area contributed by atoms with Gasteiger partial charge in [-0.25, -0.2) is 0 Å². The lowest BCUT2D eigenvalue weighted by Crippen LogP contribution is -2.42. The molecule has 1 amide bonds. The maximum Gasteiger partial charge on any atom is 0.221 e. The molecular weight excluding hydrogens is 254 g/mol. The third-order valence-electron chi connectivity index (χ3n) is 3.60. The number of carbonyl (C=O) groups is 1. The van der Waals surface area contributed by atoms with Crippen LogP contribution in [0.1, 0.15) is 12.8 Å². The highest BCUT2D eigenvalue weighted by atomic mass is 16.7. The van der Waals surface area contributed by atoms with Crippen molar-refractivity contribution in [2.45, 2.75) is 12.8 Å². The molecule has 104 valence electrons. The van der Waals surface area contributed by atoms with E-state index in [1.54, 1.807) is 6.20 Å². The van der Waals surface area contributed by atoms with Crippen LogP contribution in [0.15, 0.2) is 36.5 Å². The molecule has 1 aliphatic rings. The van der Waals surface area contributed by atoms with Crippen LogP contribution in [0.2, 0.25) is 0 Å². The minimum Gasteiger partial charge on any atom is -0.406 e. The van der Waals surface area contributed by atoms with Crippen LogP contribution in [0, 0.1) is 5.92 Å². The monoisotopic (exact) mass is 271 g/mol. The Morgan fingerprint density at radius 2 is 2.30 bits per heavy atom. The molecule has 1 aliphatic heterocycles. The largest absolute Gasteiger partial charge is 0.406 e. The smallest absolute Gasteiger partial charge is 0.221 e. The van der Waals surface area contributed by atoms with Gasteiger partial charge in [-0.2, -0.15) is 0 Å². The van der Waals surface area contributed by atoms with Crippen LogP contribution in [0.3, 0.4) is 0 Å². The van der Waals surface area contributed by atoms with Crippen LogP contribution in [0.5, 0.6) is 5.75 Å². The lowest BCUT2D eigenvalue weighted by atomic mass is 9.99. The maximum absolute atomic E-state index is 11.3. The summed E-state index contributed by atoms with van der Waals surface area (Å²) in [7, 11) is 0. The molecule has 2 aromatic rings. The Kier molecular flexibility index (Phi) is 3.52. The highest BCUT2D eigenvalue weighted by Crippen LogP contribution is 2.22. The predicted molar refractivity (Wildman–Crippen MR) is 75.9 cm³/mol. The Balaban J connectivity index is 1.74. The number of carbonyl (C=O) groups excluding carboxylic acids is 1. The topological polar surface area (TPSA) is 68.5 Å². The SMILES string of the molecule is NC(=O)C1CCCN(Oc2ccc3ncccc3c2)C1. The number of nitrogens with zero attached hydrogens (tertiary/aromatic N) is 2. The number of benzene rings is 1. The molecule has 1 aromatic carbocycles. The molecule has 1 aromatic heterocycles. The zero-order chi connectivity index (χ0) is 13.9. The molecule has 1 fully saturated rings. The number of piperidine rings is 1. The molecule has 0 aliphatic carbocycles. The third-order valence-corrected chi connectivity index (χ3v) is 3.60. The Morgan fingerprint density at radius 3 is 3.15 bits per heavy atom. The Labute approximate surface area is 117 Å². The van der Waals surface area contributed by atoms with E-state index < -0.39 is 0 Å². The van der Waals surface area contributed by atoms with Gasteiger partial charge in [-0.05, 0) is 37.1 Å². The summed E-state index contributed by atoms with van der Waals surface area (Å²) in [5.74, 6) is 0.391. The lowest BCUT2D eigenvalue weighted by molar-refractivity contribution is -0.132. The number of aromatic nitrogens is 1. The van der Waals surface area contributed by atoms with Crippen LogP contribution >= 0.6 is 0 Å². The van der Waals surface area contributed by atoms with Gasteiger partial charge >= 0.3 is 0 Å². The molecule has 2 N–H and O–H groups in total. The summed E-state index contributed by atoms with van der Waals surface area (Å²) in [6, 6.07) is 9.67. The standard InChI is InChI=1S/C15H17N3O2/c16-15(19)12-4-2-8-18(10-12)20-13-5-6-14-11(9-13)3-1-7-17-14/h1,3,5-7,9,12H,2,4,8,10H2,(H2,16,19). The normalized spacial score (nSPS) is 19.9. The van der Waals surface area contributed by atoms with Crippen molar-refractivity contribution in [1.29, 1.82) is 0 Å². The molecule has 0 bridgehead atoms. The third kappa shape index (κ3) is 2.72. The number of rotatable bonds is 3. The first-order valence-electron chi connectivity index (χ1n) is 6.79. The summed E-state index contributed by atoms with van der Waals surface area (Å²) in [6.45, 7) is 1.37. The number of nitrogens with two attached hydrogens (primary N) is 1. The molecule has 0 radical (unpaired) electrons. The maximum atomic E-state index is 11.3. The predicted octanol–water partition coefficient (Wildman–Crippen LogP) is 1.73. The Morgan fingerprint density at radius 1 is 1.40 bits per heavy atom. The van der Waals surface area contributed by atoms with Crippen molar-refractivity contribution in [1.82, 2.24) is 10.0 Å². The average molecular weight is 271 g/mol. The van der Waals surface area contributed by atoms with Gasteiger partial charge < -0.3 is 10.6 Å². The van der Waals surface area contributed by atoms with E-state index in [2.05, 4.69) is 4.98 Å². The van der Waals surface area contributed by atoms with Crippen molar-refractivity contribution in [2.24, 2.45) is 11.7 Å². The molecule has 3 rings (SSSR count). The van der Waals surface area contributed by atoms with Crippen molar-refractivity contribution in [3.63, 3.8) is 0 Å². The fourth-order valence-electron chi connectivity index (χ4n) is 2.52. The second-order valence-electron chi connectivity index (χ2n) is 5.08. The number of primary amides is 1. The summed E-state index contributed by atoms with van der Waals surface area (Å²) in [6.07, 6.45) is 3.53. The van der Waals surface area contributed by atoms with E-state index in [0.29, 0.717) is 6.54 Å². The summed E-state index contributed by atoms with van der Waals surface area (Å²) < 4.78 is 0. The van der Waals surface area contributed by atoms with Gasteiger partial charge in [0.1, 0.15) is 5.75 Å². The molecule has 1 atom stereocenters. The van der Waals surface area contributed by atoms with E-state index in [0.717, 1.165) is 36.0 Å². The van der Waals surface area contributed by atoms with E-state index in [1.165, 1.54) is 0 Å². The van der Waals surface area contributed by atoms with Crippen molar-refractivity contribution in [2.75, 3.05) is 13.1 Å². The van der Waals surface area contributed by atoms with Crippen LogP contribution in [-0.4, -0.2) is 29.0 Å². The zero-order valence-electron chi connectivity index (χ0n) is 11.2. The summed E-state index contributed by atoms with van der Waals surface area (Å²) >= 11 is 0.